The molecular weight excluding hydrogens is 735 g/mol. The van der Waals surface area contributed by atoms with Gasteiger partial charge in [-0.05, 0) is 102 Å². The molecule has 6 aliphatic rings. The Balaban J connectivity index is 1.02. The molecule has 8 rings (SSSR count). The number of rotatable bonds is 7. The van der Waals surface area contributed by atoms with Crippen LogP contribution in [0.5, 0.6) is 0 Å². The van der Waals surface area contributed by atoms with Crippen molar-refractivity contribution >= 4 is 56.5 Å². The number of benzene rings is 1. The summed E-state index contributed by atoms with van der Waals surface area (Å²) in [5.74, 6) is -0.529. The van der Waals surface area contributed by atoms with Crippen LogP contribution in [0.1, 0.15) is 48.8 Å². The van der Waals surface area contributed by atoms with Crippen molar-refractivity contribution in [2.24, 2.45) is 11.8 Å². The number of amides is 4. The van der Waals surface area contributed by atoms with E-state index in [1.807, 2.05) is 10.3 Å². The topological polar surface area (TPSA) is 105 Å². The van der Waals surface area contributed by atoms with E-state index in [1.165, 1.54) is 18.9 Å². The van der Waals surface area contributed by atoms with Gasteiger partial charge in [-0.25, -0.2) is 4.79 Å². The highest BCUT2D eigenvalue weighted by Gasteiger charge is 2.40. The third-order valence-corrected chi connectivity index (χ3v) is 13.0. The Hall–Kier alpha value is -2.88. The highest BCUT2D eigenvalue weighted by molar-refractivity contribution is 9.10. The highest BCUT2D eigenvalue weighted by atomic mass is 79.9. The van der Waals surface area contributed by atoms with Gasteiger partial charge in [-0.2, -0.15) is 13.2 Å². The van der Waals surface area contributed by atoms with Gasteiger partial charge in [0.25, 0.3) is 0 Å². The van der Waals surface area contributed by atoms with E-state index in [1.54, 1.807) is 21.1 Å². The summed E-state index contributed by atoms with van der Waals surface area (Å²) >= 11 is 4.75. The van der Waals surface area contributed by atoms with Crippen molar-refractivity contribution in [1.29, 1.82) is 0 Å². The lowest BCUT2D eigenvalue weighted by Gasteiger charge is -2.51. The molecule has 3 N–H and O–H groups in total. The smallest absolute Gasteiger partial charge is 0.397 e. The summed E-state index contributed by atoms with van der Waals surface area (Å²) in [6.45, 7) is 7.44. The number of nitrogens with zero attached hydrogens (tertiary/aromatic N) is 5. The number of hydrogen-bond acceptors (Lipinski definition) is 7. The zero-order valence-electron chi connectivity index (χ0n) is 28.1. The van der Waals surface area contributed by atoms with Crippen molar-refractivity contribution in [1.82, 2.24) is 24.5 Å². The van der Waals surface area contributed by atoms with Crippen molar-refractivity contribution in [2.75, 3.05) is 76.5 Å². The molecule has 15 heteroatoms. The molecule has 1 aromatic heterocycles. The summed E-state index contributed by atoms with van der Waals surface area (Å²) < 4.78 is 41.8. The fourth-order valence-corrected chi connectivity index (χ4v) is 10.0. The number of piperazine rings is 1. The number of carbonyl (C=O) groups excluding carboxylic acids is 3. The monoisotopic (exact) mass is 779 g/mol. The van der Waals surface area contributed by atoms with E-state index < -0.39 is 23.3 Å². The lowest BCUT2D eigenvalue weighted by atomic mass is 9.83. The zero-order chi connectivity index (χ0) is 35.2. The summed E-state index contributed by atoms with van der Waals surface area (Å²) in [4.78, 5) is 51.5. The molecule has 4 amide bonds. The second-order valence-electron chi connectivity index (χ2n) is 14.5. The van der Waals surface area contributed by atoms with E-state index in [2.05, 4.69) is 36.4 Å². The predicted molar refractivity (Wildman–Crippen MR) is 190 cm³/mol. The third-order valence-electron chi connectivity index (χ3n) is 11.6. The van der Waals surface area contributed by atoms with E-state index in [-0.39, 0.29) is 41.2 Å². The number of piperidine rings is 4. The van der Waals surface area contributed by atoms with Crippen LogP contribution in [0.25, 0.3) is 0 Å². The number of anilines is 2. The number of nitrogens with two attached hydrogens (primary N) is 1. The number of halogens is 4. The van der Waals surface area contributed by atoms with Crippen LogP contribution < -0.4 is 11.1 Å². The van der Waals surface area contributed by atoms with Gasteiger partial charge < -0.3 is 30.7 Å². The molecule has 50 heavy (non-hydrogen) atoms. The van der Waals surface area contributed by atoms with Gasteiger partial charge in [0.15, 0.2) is 0 Å². The highest BCUT2D eigenvalue weighted by Crippen LogP contribution is 2.39. The number of carbonyl (C=O) groups is 3. The molecule has 2 aromatic rings. The van der Waals surface area contributed by atoms with Gasteiger partial charge in [-0.3, -0.25) is 14.5 Å². The van der Waals surface area contributed by atoms with Crippen molar-refractivity contribution in [3.8, 4) is 0 Å². The normalized spacial score (nSPS) is 25.6. The van der Waals surface area contributed by atoms with Crippen molar-refractivity contribution in [2.45, 2.75) is 63.2 Å². The molecule has 2 atom stereocenters. The van der Waals surface area contributed by atoms with Crippen LogP contribution in [0.3, 0.4) is 0 Å². The number of urea groups is 1. The Labute approximate surface area is 303 Å². The molecule has 0 spiro atoms. The second-order valence-corrected chi connectivity index (χ2v) is 16.1. The largest absolute Gasteiger partial charge is 0.418 e. The van der Waals surface area contributed by atoms with E-state index >= 15 is 0 Å². The Morgan fingerprint density at radius 3 is 2.34 bits per heavy atom. The summed E-state index contributed by atoms with van der Waals surface area (Å²) in [5.41, 5.74) is 6.71. The Kier molecular flexibility index (Phi) is 10.4. The maximum atomic E-state index is 14.2. The van der Waals surface area contributed by atoms with Crippen molar-refractivity contribution in [3.05, 3.63) is 44.1 Å². The summed E-state index contributed by atoms with van der Waals surface area (Å²) in [6.07, 6.45) is -0.349. The van der Waals surface area contributed by atoms with Crippen molar-refractivity contribution < 1.29 is 27.6 Å². The van der Waals surface area contributed by atoms with Crippen LogP contribution in [0, 0.1) is 11.8 Å². The molecule has 272 valence electrons. The van der Waals surface area contributed by atoms with E-state index in [0.29, 0.717) is 63.1 Å². The second kappa shape index (κ2) is 14.6. The van der Waals surface area contributed by atoms with Gasteiger partial charge in [0, 0.05) is 80.7 Å². The minimum absolute atomic E-state index is 0.00968. The quantitative estimate of drug-likeness (QED) is 0.385. The Bertz CT molecular complexity index is 1580. The molecule has 6 aliphatic heterocycles. The molecule has 0 saturated carbocycles. The van der Waals surface area contributed by atoms with Crippen LogP contribution >= 0.6 is 27.3 Å². The first kappa shape index (κ1) is 35.5. The third kappa shape index (κ3) is 7.51. The summed E-state index contributed by atoms with van der Waals surface area (Å²) in [7, 11) is 0. The first-order valence-corrected chi connectivity index (χ1v) is 19.5. The lowest BCUT2D eigenvalue weighted by Crippen LogP contribution is -2.61. The van der Waals surface area contributed by atoms with Gasteiger partial charge in [0.05, 0.1) is 22.9 Å². The average Bonchev–Trinajstić information content (AvgIpc) is 3.49. The van der Waals surface area contributed by atoms with Crippen LogP contribution in [-0.4, -0.2) is 120 Å². The molecule has 5 saturated heterocycles. The van der Waals surface area contributed by atoms with Gasteiger partial charge in [0.2, 0.25) is 11.8 Å². The van der Waals surface area contributed by atoms with Crippen LogP contribution in [-0.2, 0) is 28.6 Å². The number of hydrogen-bond donors (Lipinski definition) is 2. The first-order valence-electron chi connectivity index (χ1n) is 17.8. The molecule has 0 aliphatic carbocycles. The fraction of sp³-hybridized carbons (Fsp3) is 0.629. The van der Waals surface area contributed by atoms with Gasteiger partial charge in [-0.15, -0.1) is 11.3 Å². The maximum absolute atomic E-state index is 14.2. The standard InChI is InChI=1S/C35H45BrF3N7O3S/c36-28-17-22(16-27(32(28)40)35(37,38)39)15-25(33(48)45-13-11-43(12-14-45)30-19-42-6-1-23(30)2-7-42)18-31(47)44-8-4-26(5-9-44)46-10-3-24-20-50-21-29(24)41-34(46)49/h16-17,20-21,23,25-26,30H,1-15,18-19,40H2,(H,41,49)/t25-,30?/m0/s1. The Morgan fingerprint density at radius 1 is 0.960 bits per heavy atom. The number of thiophene rings is 1. The molecule has 1 aromatic carbocycles. The van der Waals surface area contributed by atoms with Gasteiger partial charge >= 0.3 is 12.2 Å². The summed E-state index contributed by atoms with van der Waals surface area (Å²) in [6, 6.07) is 2.89. The van der Waals surface area contributed by atoms with Gasteiger partial charge in [-0.1, -0.05) is 0 Å². The number of fused-ring (bicyclic) bond motifs is 4. The molecular formula is C35H45BrF3N7O3S. The number of likely N-dealkylation sites (tertiary alicyclic amines) is 1. The Morgan fingerprint density at radius 2 is 1.68 bits per heavy atom. The predicted octanol–water partition coefficient (Wildman–Crippen LogP) is 4.98. The molecule has 2 bridgehead atoms. The number of alkyl halides is 3. The van der Waals surface area contributed by atoms with Gasteiger partial charge in [0.1, 0.15) is 0 Å². The number of nitrogens with one attached hydrogen (secondary N) is 1. The summed E-state index contributed by atoms with van der Waals surface area (Å²) in [5, 5.41) is 7.02. The van der Waals surface area contributed by atoms with E-state index in [9.17, 15) is 27.6 Å². The zero-order valence-corrected chi connectivity index (χ0v) is 30.5. The molecule has 7 heterocycles. The minimum Gasteiger partial charge on any atom is -0.397 e. The lowest BCUT2D eigenvalue weighted by molar-refractivity contribution is -0.143. The SMILES string of the molecule is Nc1c(Br)cc(C[C@@H](CC(=O)N2CCC(N3CCc4cscc4NC3=O)CC2)C(=O)N2CCN(C3CN4CCC3CC4)CC2)cc1C(F)(F)F. The van der Waals surface area contributed by atoms with Crippen LogP contribution in [0.2, 0.25) is 0 Å². The number of nitrogen functional groups attached to an aromatic ring is 1. The van der Waals surface area contributed by atoms with E-state index in [4.69, 9.17) is 5.73 Å². The first-order chi connectivity index (χ1) is 23.9. The van der Waals surface area contributed by atoms with E-state index in [0.717, 1.165) is 56.5 Å². The molecule has 10 nitrogen and oxygen atoms in total. The molecule has 5 fully saturated rings. The average molecular weight is 781 g/mol. The maximum Gasteiger partial charge on any atom is 0.418 e. The molecule has 1 unspecified atom stereocenters. The van der Waals surface area contributed by atoms with Crippen LogP contribution in [0.4, 0.5) is 29.3 Å². The van der Waals surface area contributed by atoms with Crippen molar-refractivity contribution in [3.63, 3.8) is 0 Å². The van der Waals surface area contributed by atoms with Crippen LogP contribution in [0.15, 0.2) is 27.4 Å². The molecule has 0 radical (unpaired) electrons. The fourth-order valence-electron chi connectivity index (χ4n) is 8.71. The minimum atomic E-state index is -4.66.